The first-order valence-corrected chi connectivity index (χ1v) is 17.1. The molecule has 4 heterocycles. The molecule has 0 unspecified atom stereocenters. The fourth-order valence-corrected chi connectivity index (χ4v) is 5.69. The summed E-state index contributed by atoms with van der Waals surface area (Å²) in [5, 5.41) is 44.0. The minimum Gasteiger partial charge on any atom is -0.463 e. The summed E-state index contributed by atoms with van der Waals surface area (Å²) in [6, 6.07) is 0. The van der Waals surface area contributed by atoms with Crippen LogP contribution in [-0.4, -0.2) is 120 Å². The van der Waals surface area contributed by atoms with E-state index >= 15 is 0 Å². The molecule has 4 rings (SSSR count). The summed E-state index contributed by atoms with van der Waals surface area (Å²) >= 11 is 0. The van der Waals surface area contributed by atoms with Crippen LogP contribution in [0.15, 0.2) is 24.3 Å². The zero-order valence-corrected chi connectivity index (χ0v) is 28.1. The SMILES string of the molecule is CC(=O)OC[C@H]1O[C@H]2OCCCCC/C=C\C/C=C\CCCCCCCC(=O)O[C@H]3[C@H](O)[C@@H](O)[C@H](O[C@@H]2[C@@H](O)[C@@H]1O)O[C@@H]3COC(C)=O. The molecule has 4 aliphatic heterocycles. The molecule has 0 spiro atoms. The van der Waals surface area contributed by atoms with Gasteiger partial charge in [-0.2, -0.15) is 0 Å². The number of carbonyl (C=O) groups excluding carboxylic acids is 3. The lowest BCUT2D eigenvalue weighted by Crippen LogP contribution is -2.65. The molecule has 0 radical (unpaired) electrons. The van der Waals surface area contributed by atoms with E-state index in [0.717, 1.165) is 57.8 Å². The zero-order valence-electron chi connectivity index (χ0n) is 28.1. The van der Waals surface area contributed by atoms with Gasteiger partial charge in [0.15, 0.2) is 18.7 Å². The Morgan fingerprint density at radius 2 is 1.23 bits per heavy atom. The van der Waals surface area contributed by atoms with Crippen LogP contribution < -0.4 is 0 Å². The van der Waals surface area contributed by atoms with E-state index in [1.807, 2.05) is 0 Å². The molecule has 0 aromatic rings. The first-order valence-electron chi connectivity index (χ1n) is 17.1. The zero-order chi connectivity index (χ0) is 34.9. The Morgan fingerprint density at radius 1 is 0.667 bits per heavy atom. The average Bonchev–Trinajstić information content (AvgIpc) is 3.04. The molecule has 2 bridgehead atoms. The van der Waals surface area contributed by atoms with Crippen molar-refractivity contribution < 1.29 is 68.0 Å². The second-order valence-electron chi connectivity index (χ2n) is 12.4. The first kappa shape index (κ1) is 40.0. The van der Waals surface area contributed by atoms with Gasteiger partial charge >= 0.3 is 17.9 Å². The summed E-state index contributed by atoms with van der Waals surface area (Å²) in [4.78, 5) is 35.8. The Bertz CT molecular complexity index is 1030. The third-order valence-corrected chi connectivity index (χ3v) is 8.40. The second kappa shape index (κ2) is 21.6. The second-order valence-corrected chi connectivity index (χ2v) is 12.4. The number of rotatable bonds is 4. The molecule has 274 valence electrons. The van der Waals surface area contributed by atoms with Crippen molar-refractivity contribution in [3.8, 4) is 0 Å². The van der Waals surface area contributed by atoms with Gasteiger partial charge in [-0.25, -0.2) is 0 Å². The number of aliphatic hydroxyl groups excluding tert-OH is 4. The standard InChI is InChI=1S/C34H54O14/c1-22(35)43-20-24-27(38)28(39)32-34(45-24)42-19-17-15-13-11-9-7-5-3-4-6-8-10-12-14-16-18-26(37)47-31-25(21-44-23(2)36)46-33(48-32)30(41)29(31)40/h3-4,7,9,24-25,27-34,38-41H,5-6,8,10-21H2,1-2H3/b4-3-,9-7-/t24-,25-,27-,28+,29-,30-,31-,32-,33+,34-/m1/s1. The fourth-order valence-electron chi connectivity index (χ4n) is 5.69. The van der Waals surface area contributed by atoms with Crippen LogP contribution in [0, 0.1) is 0 Å². The van der Waals surface area contributed by atoms with E-state index in [1.54, 1.807) is 0 Å². The van der Waals surface area contributed by atoms with Gasteiger partial charge in [0.1, 0.15) is 55.9 Å². The number of ether oxygens (including phenoxy) is 7. The summed E-state index contributed by atoms with van der Waals surface area (Å²) < 4.78 is 39.2. The molecular formula is C34H54O14. The predicted molar refractivity (Wildman–Crippen MR) is 169 cm³/mol. The molecule has 14 heteroatoms. The van der Waals surface area contributed by atoms with Gasteiger partial charge in [0.25, 0.3) is 0 Å². The van der Waals surface area contributed by atoms with Gasteiger partial charge in [-0.3, -0.25) is 14.4 Å². The number of aliphatic hydroxyl groups is 4. The highest BCUT2D eigenvalue weighted by Gasteiger charge is 2.52. The maximum atomic E-state index is 12.7. The molecule has 14 nitrogen and oxygen atoms in total. The Balaban J connectivity index is 1.77. The van der Waals surface area contributed by atoms with Crippen LogP contribution in [0.4, 0.5) is 0 Å². The Morgan fingerprint density at radius 3 is 1.90 bits per heavy atom. The van der Waals surface area contributed by atoms with Crippen molar-refractivity contribution in [3.63, 3.8) is 0 Å². The van der Waals surface area contributed by atoms with Gasteiger partial charge in [-0.1, -0.05) is 50.0 Å². The third kappa shape index (κ3) is 13.5. The van der Waals surface area contributed by atoms with Crippen molar-refractivity contribution in [1.29, 1.82) is 0 Å². The first-order chi connectivity index (χ1) is 23.1. The fraction of sp³-hybridized carbons (Fsp3) is 0.794. The minimum atomic E-state index is -1.79. The van der Waals surface area contributed by atoms with Gasteiger partial charge in [0.2, 0.25) is 0 Å². The van der Waals surface area contributed by atoms with E-state index in [4.69, 9.17) is 33.2 Å². The van der Waals surface area contributed by atoms with Crippen LogP contribution in [0.1, 0.15) is 90.9 Å². The molecule has 0 amide bonds. The van der Waals surface area contributed by atoms with Crippen molar-refractivity contribution in [2.24, 2.45) is 0 Å². The molecule has 48 heavy (non-hydrogen) atoms. The van der Waals surface area contributed by atoms with Crippen molar-refractivity contribution in [3.05, 3.63) is 24.3 Å². The number of allylic oxidation sites excluding steroid dienone is 4. The van der Waals surface area contributed by atoms with Crippen molar-refractivity contribution in [2.75, 3.05) is 19.8 Å². The smallest absolute Gasteiger partial charge is 0.306 e. The maximum Gasteiger partial charge on any atom is 0.306 e. The molecule has 4 N–H and O–H groups in total. The molecule has 2 fully saturated rings. The van der Waals surface area contributed by atoms with Gasteiger partial charge in [-0.15, -0.1) is 0 Å². The van der Waals surface area contributed by atoms with Crippen molar-refractivity contribution in [1.82, 2.24) is 0 Å². The van der Waals surface area contributed by atoms with Gasteiger partial charge in [0.05, 0.1) is 0 Å². The maximum absolute atomic E-state index is 12.7. The topological polar surface area (TPSA) is 197 Å². The number of carbonyl (C=O) groups is 3. The summed E-state index contributed by atoms with van der Waals surface area (Å²) in [6.07, 6.45) is 3.48. The monoisotopic (exact) mass is 686 g/mol. The highest BCUT2D eigenvalue weighted by atomic mass is 16.8. The highest BCUT2D eigenvalue weighted by molar-refractivity contribution is 5.69. The molecule has 4 aliphatic rings. The summed E-state index contributed by atoms with van der Waals surface area (Å²) in [6.45, 7) is 1.77. The van der Waals surface area contributed by atoms with Crippen LogP contribution in [-0.2, 0) is 47.5 Å². The van der Waals surface area contributed by atoms with Crippen molar-refractivity contribution in [2.45, 2.75) is 152 Å². The third-order valence-electron chi connectivity index (χ3n) is 8.40. The van der Waals surface area contributed by atoms with Gasteiger partial charge in [-0.05, 0) is 44.9 Å². The quantitative estimate of drug-likeness (QED) is 0.191. The number of hydrogen-bond donors (Lipinski definition) is 4. The van der Waals surface area contributed by atoms with Crippen LogP contribution >= 0.6 is 0 Å². The van der Waals surface area contributed by atoms with E-state index in [2.05, 4.69) is 24.3 Å². The molecule has 2 saturated heterocycles. The highest BCUT2D eigenvalue weighted by Crippen LogP contribution is 2.31. The normalized spacial score (nSPS) is 36.8. The van der Waals surface area contributed by atoms with E-state index in [-0.39, 0.29) is 19.6 Å². The van der Waals surface area contributed by atoms with Crippen LogP contribution in [0.25, 0.3) is 0 Å². The predicted octanol–water partition coefficient (Wildman–Crippen LogP) is 2.13. The molecular weight excluding hydrogens is 632 g/mol. The summed E-state index contributed by atoms with van der Waals surface area (Å²) in [7, 11) is 0. The lowest BCUT2D eigenvalue weighted by atomic mass is 9.97. The lowest BCUT2D eigenvalue weighted by Gasteiger charge is -2.46. The Kier molecular flexibility index (Phi) is 18.0. The summed E-state index contributed by atoms with van der Waals surface area (Å²) in [5.74, 6) is -1.87. The summed E-state index contributed by atoms with van der Waals surface area (Å²) in [5.41, 5.74) is 0. The van der Waals surface area contributed by atoms with Crippen LogP contribution in [0.2, 0.25) is 0 Å². The molecule has 10 atom stereocenters. The van der Waals surface area contributed by atoms with E-state index in [1.165, 1.54) is 13.8 Å². The Hall–Kier alpha value is -2.43. The largest absolute Gasteiger partial charge is 0.463 e. The van der Waals surface area contributed by atoms with Crippen molar-refractivity contribution >= 4 is 17.9 Å². The molecule has 0 saturated carbocycles. The van der Waals surface area contributed by atoms with E-state index in [9.17, 15) is 34.8 Å². The van der Waals surface area contributed by atoms with E-state index in [0.29, 0.717) is 12.8 Å². The van der Waals surface area contributed by atoms with E-state index < -0.39 is 85.9 Å². The number of esters is 3. The van der Waals surface area contributed by atoms with Gasteiger partial charge in [0, 0.05) is 26.9 Å². The van der Waals surface area contributed by atoms with Crippen LogP contribution in [0.3, 0.4) is 0 Å². The minimum absolute atomic E-state index is 0.0861. The number of hydrogen-bond acceptors (Lipinski definition) is 14. The molecule has 0 aromatic carbocycles. The molecule has 0 aliphatic carbocycles. The molecule has 0 aromatic heterocycles. The van der Waals surface area contributed by atoms with Crippen LogP contribution in [0.5, 0.6) is 0 Å². The Labute approximate surface area is 282 Å². The van der Waals surface area contributed by atoms with Gasteiger partial charge < -0.3 is 53.6 Å². The lowest BCUT2D eigenvalue weighted by molar-refractivity contribution is -0.367. The average molecular weight is 687 g/mol. The number of fused-ring (bicyclic) bond motifs is 19.